The molecule has 0 saturated carbocycles. The molecule has 0 N–H and O–H groups in total. The number of halogens is 1. The average molecular weight is 695 g/mol. The zero-order valence-corrected chi connectivity index (χ0v) is 26.3. The first kappa shape index (κ1) is 26.2. The molecule has 3 atom stereocenters. The zero-order chi connectivity index (χ0) is 21.4. The van der Waals surface area contributed by atoms with E-state index in [1.165, 1.54) is 5.56 Å². The normalized spacial score (nSPS) is 23.5. The third-order valence-electron chi connectivity index (χ3n) is 6.54. The van der Waals surface area contributed by atoms with Gasteiger partial charge >= 0.3 is 27.7 Å². The van der Waals surface area contributed by atoms with Crippen LogP contribution in [0.4, 0.5) is 0 Å². The quantitative estimate of drug-likeness (QED) is 0.384. The molecule has 2 aliphatic rings. The Kier molecular flexibility index (Phi) is 8.65. The van der Waals surface area contributed by atoms with Crippen LogP contribution in [0.2, 0.25) is 0 Å². The van der Waals surface area contributed by atoms with E-state index >= 15 is 0 Å². The molecule has 2 radical (unpaired) electrons. The summed E-state index contributed by atoms with van der Waals surface area (Å²) in [7, 11) is 1.69. The number of fused-ring (bicyclic) bond motifs is 3. The Morgan fingerprint density at radius 2 is 1.70 bits per heavy atom. The van der Waals surface area contributed by atoms with Crippen LogP contribution in [-0.4, -0.2) is 24.7 Å². The summed E-state index contributed by atoms with van der Waals surface area (Å²) in [5.41, 5.74) is 4.09. The van der Waals surface area contributed by atoms with Crippen molar-refractivity contribution in [1.82, 2.24) is 4.90 Å². The molecule has 5 rings (SSSR count). The molecular formula is C27H28BrHgNO3. The van der Waals surface area contributed by atoms with Crippen LogP contribution in [0.5, 0.6) is 11.5 Å². The minimum atomic E-state index is -0.558. The van der Waals surface area contributed by atoms with Crippen LogP contribution >= 0.6 is 0 Å². The summed E-state index contributed by atoms with van der Waals surface area (Å²) in [5.74, 6) is 1.54. The maximum Gasteiger partial charge on any atom is 1.00 e. The van der Waals surface area contributed by atoms with E-state index in [1.54, 1.807) is 7.11 Å². The van der Waals surface area contributed by atoms with Crippen molar-refractivity contribution in [3.63, 3.8) is 0 Å². The minimum absolute atomic E-state index is 0. The van der Waals surface area contributed by atoms with Gasteiger partial charge in [0.05, 0.1) is 19.8 Å². The minimum Gasteiger partial charge on any atom is -1.00 e. The fourth-order valence-electron chi connectivity index (χ4n) is 5.07. The van der Waals surface area contributed by atoms with E-state index in [1.807, 2.05) is 30.3 Å². The zero-order valence-electron chi connectivity index (χ0n) is 19.2. The predicted octanol–water partition coefficient (Wildman–Crippen LogP) is 2.28. The van der Waals surface area contributed by atoms with Gasteiger partial charge in [0.15, 0.2) is 11.5 Å². The molecule has 0 unspecified atom stereocenters. The molecule has 2 aliphatic heterocycles. The van der Waals surface area contributed by atoms with Gasteiger partial charge in [0.2, 0.25) is 0 Å². The summed E-state index contributed by atoms with van der Waals surface area (Å²) < 4.78 is 18.5. The predicted molar refractivity (Wildman–Crippen MR) is 121 cm³/mol. The second-order valence-corrected chi connectivity index (χ2v) is 8.38. The van der Waals surface area contributed by atoms with Crippen molar-refractivity contribution in [3.8, 4) is 11.5 Å². The van der Waals surface area contributed by atoms with E-state index in [2.05, 4.69) is 61.2 Å². The molecule has 3 aromatic carbocycles. The van der Waals surface area contributed by atoms with E-state index in [9.17, 15) is 0 Å². The van der Waals surface area contributed by atoms with Gasteiger partial charge in [0, 0.05) is 17.2 Å². The van der Waals surface area contributed by atoms with Crippen molar-refractivity contribution < 1.29 is 58.9 Å². The smallest absolute Gasteiger partial charge is 1.00 e. The topological polar surface area (TPSA) is 30.9 Å². The van der Waals surface area contributed by atoms with Gasteiger partial charge in [-0.05, 0) is 37.5 Å². The van der Waals surface area contributed by atoms with Gasteiger partial charge < -0.3 is 31.2 Å². The van der Waals surface area contributed by atoms with Crippen LogP contribution in [-0.2, 0) is 51.2 Å². The van der Waals surface area contributed by atoms with E-state index in [4.69, 9.17) is 14.2 Å². The van der Waals surface area contributed by atoms with Crippen molar-refractivity contribution in [1.29, 1.82) is 0 Å². The Labute approximate surface area is 227 Å². The number of nitrogens with zero attached hydrogens (tertiary/aromatic N) is 1. The average Bonchev–Trinajstić information content (AvgIpc) is 3.18. The van der Waals surface area contributed by atoms with Crippen molar-refractivity contribution in [3.05, 3.63) is 102 Å². The summed E-state index contributed by atoms with van der Waals surface area (Å²) >= 11 is 0. The Bertz CT molecular complexity index is 1070. The number of rotatable bonds is 5. The fourth-order valence-corrected chi connectivity index (χ4v) is 5.07. The van der Waals surface area contributed by atoms with Gasteiger partial charge in [0.1, 0.15) is 12.3 Å². The second-order valence-electron chi connectivity index (χ2n) is 8.38. The molecule has 1 saturated heterocycles. The molecule has 0 spiro atoms. The Morgan fingerprint density at radius 3 is 2.36 bits per heavy atom. The van der Waals surface area contributed by atoms with Gasteiger partial charge in [-0.15, -0.1) is 0 Å². The van der Waals surface area contributed by atoms with E-state index in [0.717, 1.165) is 34.6 Å². The molecule has 0 aliphatic carbocycles. The van der Waals surface area contributed by atoms with E-state index < -0.39 is 5.72 Å². The van der Waals surface area contributed by atoms with Gasteiger partial charge in [-0.1, -0.05) is 66.7 Å². The van der Waals surface area contributed by atoms with Crippen molar-refractivity contribution in [2.24, 2.45) is 0 Å². The Morgan fingerprint density at radius 1 is 1.03 bits per heavy atom. The van der Waals surface area contributed by atoms with Crippen LogP contribution in [0, 0.1) is 6.92 Å². The van der Waals surface area contributed by atoms with Crippen LogP contribution in [0.1, 0.15) is 35.2 Å². The SMILES string of the molecule is [Br-].[CH2][C@@H]1Cc2c(ccc(OC)c2OCc2ccccc2)[C@@]2(C)OC[C@H](c3ccccc3)N12.[Hg+]. The molecule has 3 aromatic rings. The van der Waals surface area contributed by atoms with Crippen LogP contribution in [0.25, 0.3) is 0 Å². The largest absolute Gasteiger partial charge is 1.00 e. The molecule has 0 aromatic heterocycles. The summed E-state index contributed by atoms with van der Waals surface area (Å²) in [4.78, 5) is 2.41. The van der Waals surface area contributed by atoms with Crippen molar-refractivity contribution in [2.45, 2.75) is 37.8 Å². The number of methoxy groups -OCH3 is 1. The van der Waals surface area contributed by atoms with Gasteiger partial charge in [-0.2, -0.15) is 0 Å². The fraction of sp³-hybridized carbons (Fsp3) is 0.296. The molecule has 0 bridgehead atoms. The molecule has 2 heterocycles. The summed E-state index contributed by atoms with van der Waals surface area (Å²) in [6.07, 6.45) is 0.777. The Hall–Kier alpha value is -1.40. The van der Waals surface area contributed by atoms with Crippen molar-refractivity contribution >= 4 is 0 Å². The maximum absolute atomic E-state index is 6.49. The molecular weight excluding hydrogens is 667 g/mol. The van der Waals surface area contributed by atoms with Gasteiger partial charge in [-0.3, -0.25) is 4.90 Å². The summed E-state index contributed by atoms with van der Waals surface area (Å²) in [6, 6.07) is 25.1. The van der Waals surface area contributed by atoms with Crippen LogP contribution in [0.3, 0.4) is 0 Å². The van der Waals surface area contributed by atoms with Crippen LogP contribution < -0.4 is 26.5 Å². The first-order chi connectivity index (χ1) is 15.1. The van der Waals surface area contributed by atoms with Gasteiger partial charge in [-0.25, -0.2) is 0 Å². The number of benzene rings is 3. The third-order valence-corrected chi connectivity index (χ3v) is 6.54. The van der Waals surface area contributed by atoms with Crippen molar-refractivity contribution in [2.75, 3.05) is 13.7 Å². The molecule has 0 amide bonds. The van der Waals surface area contributed by atoms with Crippen LogP contribution in [0.15, 0.2) is 72.8 Å². The number of hydrogen-bond donors (Lipinski definition) is 0. The van der Waals surface area contributed by atoms with E-state index in [0.29, 0.717) is 13.2 Å². The second kappa shape index (κ2) is 10.9. The molecule has 6 heteroatoms. The monoisotopic (exact) mass is 695 g/mol. The van der Waals surface area contributed by atoms with E-state index in [-0.39, 0.29) is 56.7 Å². The summed E-state index contributed by atoms with van der Waals surface area (Å²) in [6.45, 7) is 7.80. The molecule has 168 valence electrons. The summed E-state index contributed by atoms with van der Waals surface area (Å²) in [5, 5.41) is 0. The number of hydrogen-bond acceptors (Lipinski definition) is 4. The molecule has 33 heavy (non-hydrogen) atoms. The molecule has 4 nitrogen and oxygen atoms in total. The maximum atomic E-state index is 6.49. The Balaban J connectivity index is 0.00000153. The number of ether oxygens (including phenoxy) is 3. The molecule has 1 fully saturated rings. The first-order valence-electron chi connectivity index (χ1n) is 10.8. The standard InChI is InChI=1S/C27H28NO3.BrH.Hg/c1-19-16-22-23(27(2)28(19)24(18-31-27)21-12-8-5-9-13-21)14-15-25(29-3)26(22)30-17-20-10-6-4-7-11-20;;/h4-15,19,24H,1,16-18H2,2-3H3;1H;/q;;+1/p-1/t19-,24-,27-;;/m1../s1. The first-order valence-corrected chi connectivity index (χ1v) is 10.8. The van der Waals surface area contributed by atoms with Gasteiger partial charge in [0.25, 0.3) is 0 Å². The third kappa shape index (κ3) is 4.75.